The van der Waals surface area contributed by atoms with Crippen LogP contribution in [0.4, 0.5) is 0 Å². The van der Waals surface area contributed by atoms with Gasteiger partial charge in [0.15, 0.2) is 5.78 Å². The van der Waals surface area contributed by atoms with Gasteiger partial charge in [-0.3, -0.25) is 19.8 Å². The van der Waals surface area contributed by atoms with Gasteiger partial charge in [0.1, 0.15) is 0 Å². The molecule has 0 bridgehead atoms. The standard InChI is InChI=1S/C20H27N5O2/c1-20(2)8-14-19(17(26)9-20)18(15-11-23-5-6-24-15)13(10-22-3)16(25-14)12-27-7-4-21/h5-6,10-11,18,25H,4,7-9,12,21H2,1-3H3. The summed E-state index contributed by atoms with van der Waals surface area (Å²) >= 11 is 0. The Hall–Kier alpha value is -2.38. The van der Waals surface area contributed by atoms with Crippen LogP contribution >= 0.6 is 0 Å². The summed E-state index contributed by atoms with van der Waals surface area (Å²) in [7, 11) is 1.72. The number of ketones is 1. The molecule has 144 valence electrons. The topological polar surface area (TPSA) is 102 Å². The Kier molecular flexibility index (Phi) is 5.82. The van der Waals surface area contributed by atoms with E-state index in [0.29, 0.717) is 26.2 Å². The van der Waals surface area contributed by atoms with Gasteiger partial charge >= 0.3 is 0 Å². The fourth-order valence-electron chi connectivity index (χ4n) is 3.80. The number of allylic oxidation sites excluding steroid dienone is 3. The van der Waals surface area contributed by atoms with E-state index >= 15 is 0 Å². The second-order valence-corrected chi connectivity index (χ2v) is 7.68. The summed E-state index contributed by atoms with van der Waals surface area (Å²) in [6.07, 6.45) is 8.09. The van der Waals surface area contributed by atoms with E-state index in [-0.39, 0.29) is 17.1 Å². The summed E-state index contributed by atoms with van der Waals surface area (Å²) < 4.78 is 5.69. The van der Waals surface area contributed by atoms with Crippen molar-refractivity contribution in [3.05, 3.63) is 46.8 Å². The van der Waals surface area contributed by atoms with Crippen molar-refractivity contribution < 1.29 is 9.53 Å². The predicted octanol–water partition coefficient (Wildman–Crippen LogP) is 1.74. The number of aromatic nitrogens is 2. The zero-order chi connectivity index (χ0) is 19.4. The van der Waals surface area contributed by atoms with Crippen molar-refractivity contribution in [2.24, 2.45) is 16.1 Å². The first-order chi connectivity index (χ1) is 13.0. The Morgan fingerprint density at radius 3 is 2.89 bits per heavy atom. The number of carbonyl (C=O) groups is 1. The van der Waals surface area contributed by atoms with Crippen molar-refractivity contribution in [2.45, 2.75) is 32.6 Å². The van der Waals surface area contributed by atoms with Gasteiger partial charge in [-0.05, 0) is 11.8 Å². The maximum absolute atomic E-state index is 13.1. The highest BCUT2D eigenvalue weighted by atomic mass is 16.5. The lowest BCUT2D eigenvalue weighted by Crippen LogP contribution is -2.39. The van der Waals surface area contributed by atoms with Gasteiger partial charge in [-0.1, -0.05) is 13.8 Å². The monoisotopic (exact) mass is 369 g/mol. The first-order valence-corrected chi connectivity index (χ1v) is 9.19. The largest absolute Gasteiger partial charge is 0.374 e. The minimum Gasteiger partial charge on any atom is -0.374 e. The molecule has 27 heavy (non-hydrogen) atoms. The van der Waals surface area contributed by atoms with Crippen LogP contribution in [0, 0.1) is 5.41 Å². The van der Waals surface area contributed by atoms with Gasteiger partial charge in [-0.25, -0.2) is 0 Å². The lowest BCUT2D eigenvalue weighted by molar-refractivity contribution is -0.118. The van der Waals surface area contributed by atoms with Crippen LogP contribution in [0.15, 0.2) is 46.1 Å². The second-order valence-electron chi connectivity index (χ2n) is 7.68. The third-order valence-corrected chi connectivity index (χ3v) is 4.83. The molecule has 2 heterocycles. The molecule has 0 aromatic carbocycles. The average Bonchev–Trinajstić information content (AvgIpc) is 2.62. The molecule has 1 aromatic rings. The van der Waals surface area contributed by atoms with Crippen molar-refractivity contribution in [3.8, 4) is 0 Å². The average molecular weight is 369 g/mol. The van der Waals surface area contributed by atoms with E-state index < -0.39 is 0 Å². The molecule has 0 radical (unpaired) electrons. The number of rotatable bonds is 6. The van der Waals surface area contributed by atoms with Gasteiger partial charge in [0, 0.05) is 67.4 Å². The first kappa shape index (κ1) is 19.4. The smallest absolute Gasteiger partial charge is 0.162 e. The number of carbonyl (C=O) groups excluding carboxylic acids is 1. The van der Waals surface area contributed by atoms with Crippen LogP contribution in [-0.4, -0.2) is 48.8 Å². The molecule has 1 aliphatic carbocycles. The van der Waals surface area contributed by atoms with E-state index in [9.17, 15) is 4.79 Å². The summed E-state index contributed by atoms with van der Waals surface area (Å²) in [4.78, 5) is 26.0. The van der Waals surface area contributed by atoms with Crippen LogP contribution in [0.2, 0.25) is 0 Å². The number of nitrogens with one attached hydrogen (secondary N) is 1. The number of nitrogens with two attached hydrogens (primary N) is 1. The first-order valence-electron chi connectivity index (χ1n) is 9.19. The third kappa shape index (κ3) is 4.14. The van der Waals surface area contributed by atoms with Gasteiger partial charge in [0.25, 0.3) is 0 Å². The molecule has 1 aliphatic heterocycles. The summed E-state index contributed by atoms with van der Waals surface area (Å²) in [5, 5.41) is 3.47. The van der Waals surface area contributed by atoms with E-state index in [1.807, 2.05) is 0 Å². The highest BCUT2D eigenvalue weighted by Gasteiger charge is 2.41. The zero-order valence-corrected chi connectivity index (χ0v) is 16.2. The maximum atomic E-state index is 13.1. The predicted molar refractivity (Wildman–Crippen MR) is 104 cm³/mol. The van der Waals surface area contributed by atoms with Crippen LogP contribution in [0.25, 0.3) is 0 Å². The normalized spacial score (nSPS) is 22.2. The number of hydrogen-bond acceptors (Lipinski definition) is 7. The molecule has 7 nitrogen and oxygen atoms in total. The number of nitrogens with zero attached hydrogens (tertiary/aromatic N) is 3. The van der Waals surface area contributed by atoms with Crippen molar-refractivity contribution in [2.75, 3.05) is 26.8 Å². The van der Waals surface area contributed by atoms with Crippen LogP contribution in [-0.2, 0) is 9.53 Å². The van der Waals surface area contributed by atoms with Crippen LogP contribution < -0.4 is 11.1 Å². The minimum absolute atomic E-state index is 0.0879. The van der Waals surface area contributed by atoms with Gasteiger partial charge in [-0.2, -0.15) is 0 Å². The van der Waals surface area contributed by atoms with Crippen molar-refractivity contribution in [1.82, 2.24) is 15.3 Å². The van der Waals surface area contributed by atoms with Gasteiger partial charge in [0.2, 0.25) is 0 Å². The van der Waals surface area contributed by atoms with E-state index in [1.54, 1.807) is 31.9 Å². The zero-order valence-electron chi connectivity index (χ0n) is 16.2. The Morgan fingerprint density at radius 2 is 2.22 bits per heavy atom. The van der Waals surface area contributed by atoms with Crippen molar-refractivity contribution in [3.63, 3.8) is 0 Å². The molecule has 2 aliphatic rings. The van der Waals surface area contributed by atoms with Gasteiger partial charge in [-0.15, -0.1) is 0 Å². The molecule has 3 rings (SSSR count). The lowest BCUT2D eigenvalue weighted by atomic mass is 9.69. The number of aliphatic imine (C=N–C) groups is 1. The number of dihydropyridines is 1. The number of Topliss-reactive ketones (excluding diaryl/α,β-unsaturated/α-hetero) is 1. The molecular formula is C20H27N5O2. The van der Waals surface area contributed by atoms with Crippen molar-refractivity contribution >= 4 is 12.0 Å². The number of ether oxygens (including phenoxy) is 1. The van der Waals surface area contributed by atoms with E-state index in [0.717, 1.165) is 34.7 Å². The summed E-state index contributed by atoms with van der Waals surface area (Å²) in [6, 6.07) is 0. The summed E-state index contributed by atoms with van der Waals surface area (Å²) in [6.45, 7) is 5.53. The lowest BCUT2D eigenvalue weighted by Gasteiger charge is -2.39. The van der Waals surface area contributed by atoms with Gasteiger partial charge < -0.3 is 15.8 Å². The fourth-order valence-corrected chi connectivity index (χ4v) is 3.80. The molecule has 0 spiro atoms. The quantitative estimate of drug-likeness (QED) is 0.585. The van der Waals surface area contributed by atoms with Crippen LogP contribution in [0.5, 0.6) is 0 Å². The summed E-state index contributed by atoms with van der Waals surface area (Å²) in [5.74, 6) is -0.146. The van der Waals surface area contributed by atoms with Crippen molar-refractivity contribution in [1.29, 1.82) is 0 Å². The Labute approximate surface area is 159 Å². The molecular weight excluding hydrogens is 342 g/mol. The Morgan fingerprint density at radius 1 is 1.41 bits per heavy atom. The van der Waals surface area contributed by atoms with Gasteiger partial charge in [0.05, 0.1) is 24.8 Å². The second kappa shape index (κ2) is 8.10. The molecule has 0 fully saturated rings. The highest BCUT2D eigenvalue weighted by Crippen LogP contribution is 2.45. The Balaban J connectivity index is 2.11. The molecule has 0 saturated carbocycles. The van der Waals surface area contributed by atoms with E-state index in [1.165, 1.54) is 0 Å². The van der Waals surface area contributed by atoms with E-state index in [2.05, 4.69) is 34.1 Å². The summed E-state index contributed by atoms with van der Waals surface area (Å²) in [5.41, 5.74) is 9.72. The van der Waals surface area contributed by atoms with E-state index in [4.69, 9.17) is 10.5 Å². The molecule has 3 N–H and O–H groups in total. The molecule has 7 heteroatoms. The highest BCUT2D eigenvalue weighted by molar-refractivity contribution is 6.02. The molecule has 1 aromatic heterocycles. The third-order valence-electron chi connectivity index (χ3n) is 4.83. The molecule has 0 saturated heterocycles. The molecule has 0 amide bonds. The molecule has 1 atom stereocenters. The molecule has 1 unspecified atom stereocenters. The minimum atomic E-state index is -0.293. The Bertz CT molecular complexity index is 796. The maximum Gasteiger partial charge on any atom is 0.162 e. The van der Waals surface area contributed by atoms with Crippen LogP contribution in [0.1, 0.15) is 38.3 Å². The van der Waals surface area contributed by atoms with Crippen LogP contribution in [0.3, 0.4) is 0 Å². The SMILES string of the molecule is CN=CC1=C(COCCN)NC2=C(C(=O)CC(C)(C)C2)C1c1cnccn1. The fraction of sp³-hybridized carbons (Fsp3) is 0.500. The number of hydrogen-bond donors (Lipinski definition) is 2.